The lowest BCUT2D eigenvalue weighted by Gasteiger charge is -2.32. The molecule has 0 aliphatic carbocycles. The number of alkyl halides is 3. The molecule has 1 amide bonds. The van der Waals surface area contributed by atoms with Crippen molar-refractivity contribution in [2.75, 3.05) is 7.11 Å². The number of hydrogen-bond donors (Lipinski definition) is 1. The van der Waals surface area contributed by atoms with Gasteiger partial charge in [0.25, 0.3) is 11.6 Å². The van der Waals surface area contributed by atoms with Gasteiger partial charge in [0.1, 0.15) is 5.75 Å². The molecule has 0 saturated heterocycles. The molecule has 1 N–H and O–H groups in total. The Balaban J connectivity index is 2.42. The number of para-hydroxylation sites is 1. The Morgan fingerprint density at radius 1 is 1.42 bits per heavy atom. The van der Waals surface area contributed by atoms with Gasteiger partial charge in [0.15, 0.2) is 0 Å². The number of nitrogens with zero attached hydrogens (tertiary/aromatic N) is 2. The van der Waals surface area contributed by atoms with Gasteiger partial charge in [-0.05, 0) is 25.0 Å². The van der Waals surface area contributed by atoms with Gasteiger partial charge in [0, 0.05) is 12.1 Å². The summed E-state index contributed by atoms with van der Waals surface area (Å²) in [6, 6.07) is 5.88. The Hall–Kier alpha value is -2.09. The highest BCUT2D eigenvalue weighted by atomic mass is 19.4. The first-order valence-corrected chi connectivity index (χ1v) is 7.57. The van der Waals surface area contributed by atoms with Crippen molar-refractivity contribution in [3.63, 3.8) is 0 Å². The number of carbonyl (C=O) groups is 1. The minimum atomic E-state index is -5.03. The summed E-state index contributed by atoms with van der Waals surface area (Å²) in [7, 11) is 1.31. The van der Waals surface area contributed by atoms with Gasteiger partial charge in [-0.25, -0.2) is 0 Å². The molecule has 0 radical (unpaired) electrons. The van der Waals surface area contributed by atoms with E-state index in [0.29, 0.717) is 12.8 Å². The number of aliphatic hydroxyl groups is 1. The van der Waals surface area contributed by atoms with Crippen molar-refractivity contribution in [1.82, 2.24) is 5.01 Å². The fourth-order valence-electron chi connectivity index (χ4n) is 2.51. The molecule has 24 heavy (non-hydrogen) atoms. The van der Waals surface area contributed by atoms with E-state index in [9.17, 15) is 23.1 Å². The van der Waals surface area contributed by atoms with Crippen molar-refractivity contribution in [2.24, 2.45) is 5.10 Å². The zero-order valence-electron chi connectivity index (χ0n) is 13.4. The van der Waals surface area contributed by atoms with E-state index in [2.05, 4.69) is 5.10 Å². The van der Waals surface area contributed by atoms with Gasteiger partial charge in [-0.15, -0.1) is 0 Å². The summed E-state index contributed by atoms with van der Waals surface area (Å²) in [4.78, 5) is 12.6. The maximum Gasteiger partial charge on any atom is 0.438 e. The van der Waals surface area contributed by atoms with Gasteiger partial charge in [-0.1, -0.05) is 25.5 Å². The summed E-state index contributed by atoms with van der Waals surface area (Å²) in [6.07, 6.45) is -4.07. The number of rotatable bonds is 5. The van der Waals surface area contributed by atoms with Crippen molar-refractivity contribution < 1.29 is 27.8 Å². The summed E-state index contributed by atoms with van der Waals surface area (Å²) in [5.41, 5.74) is -3.28. The monoisotopic (exact) mass is 344 g/mol. The lowest BCUT2D eigenvalue weighted by molar-refractivity contribution is -0.297. The molecule has 0 saturated carbocycles. The average molecular weight is 344 g/mol. The maximum absolute atomic E-state index is 13.4. The fraction of sp³-hybridized carbons (Fsp3) is 0.500. The molecule has 1 aliphatic heterocycles. The Morgan fingerprint density at radius 2 is 2.08 bits per heavy atom. The smallest absolute Gasteiger partial charge is 0.438 e. The Bertz CT molecular complexity index is 646. The highest BCUT2D eigenvalue weighted by Crippen LogP contribution is 2.42. The Kier molecular flexibility index (Phi) is 5.17. The molecule has 0 unspecified atom stereocenters. The van der Waals surface area contributed by atoms with Crippen LogP contribution < -0.4 is 4.74 Å². The molecule has 0 spiro atoms. The van der Waals surface area contributed by atoms with Gasteiger partial charge in [0.2, 0.25) is 0 Å². The van der Waals surface area contributed by atoms with Gasteiger partial charge < -0.3 is 9.84 Å². The quantitative estimate of drug-likeness (QED) is 0.891. The van der Waals surface area contributed by atoms with Crippen LogP contribution in [0.5, 0.6) is 5.75 Å². The average Bonchev–Trinajstić information content (AvgIpc) is 2.90. The molecular weight excluding hydrogens is 325 g/mol. The lowest BCUT2D eigenvalue weighted by Crippen LogP contribution is -2.56. The van der Waals surface area contributed by atoms with E-state index in [0.717, 1.165) is 6.42 Å². The zero-order valence-corrected chi connectivity index (χ0v) is 13.4. The van der Waals surface area contributed by atoms with E-state index in [-0.39, 0.29) is 22.0 Å². The third-order valence-corrected chi connectivity index (χ3v) is 3.85. The first-order valence-electron chi connectivity index (χ1n) is 7.57. The van der Waals surface area contributed by atoms with Gasteiger partial charge >= 0.3 is 6.18 Å². The van der Waals surface area contributed by atoms with Crippen LogP contribution in [-0.4, -0.2) is 40.7 Å². The molecule has 8 heteroatoms. The summed E-state index contributed by atoms with van der Waals surface area (Å²) < 4.78 is 45.2. The van der Waals surface area contributed by atoms with Crippen molar-refractivity contribution in [2.45, 2.75) is 44.5 Å². The zero-order chi connectivity index (χ0) is 18.0. The number of ether oxygens (including phenoxy) is 1. The van der Waals surface area contributed by atoms with Crippen LogP contribution in [0, 0.1) is 0 Å². The predicted octanol–water partition coefficient (Wildman–Crippen LogP) is 3.34. The summed E-state index contributed by atoms with van der Waals surface area (Å²) in [5.74, 6) is -0.942. The van der Waals surface area contributed by atoms with Crippen molar-refractivity contribution >= 4 is 11.6 Å². The minimum Gasteiger partial charge on any atom is -0.496 e. The number of hydrogen-bond acceptors (Lipinski definition) is 4. The van der Waals surface area contributed by atoms with E-state index in [1.165, 1.54) is 25.3 Å². The van der Waals surface area contributed by atoms with E-state index in [4.69, 9.17) is 4.74 Å². The second-order valence-corrected chi connectivity index (χ2v) is 5.58. The number of methoxy groups -OCH3 is 1. The third kappa shape index (κ3) is 3.24. The lowest BCUT2D eigenvalue weighted by atomic mass is 10.0. The van der Waals surface area contributed by atoms with Gasteiger partial charge in [0.05, 0.1) is 12.7 Å². The molecule has 0 aromatic heterocycles. The topological polar surface area (TPSA) is 62.1 Å². The molecule has 1 aromatic carbocycles. The summed E-state index contributed by atoms with van der Waals surface area (Å²) in [5, 5.41) is 14.1. The van der Waals surface area contributed by atoms with Crippen LogP contribution >= 0.6 is 0 Å². The number of carbonyl (C=O) groups excluding carboxylic acids is 1. The number of halogens is 3. The van der Waals surface area contributed by atoms with Crippen LogP contribution in [0.4, 0.5) is 13.2 Å². The molecule has 2 rings (SSSR count). The van der Waals surface area contributed by atoms with E-state index < -0.39 is 24.2 Å². The molecule has 0 fully saturated rings. The highest BCUT2D eigenvalue weighted by molar-refractivity contribution is 6.00. The number of unbranched alkanes of at least 4 members (excludes halogenated alkanes) is 1. The standard InChI is InChI=1S/C16H19F3N2O3/c1-3-4-7-11-10-15(23,16(17,18)19)21(20-11)14(22)12-8-5-6-9-13(12)24-2/h5-6,8-9,23H,3-4,7,10H2,1-2H3/t15-/m0/s1. The molecule has 0 bridgehead atoms. The SMILES string of the molecule is CCCCC1=NN(C(=O)c2ccccc2OC)[C@@](O)(C(F)(F)F)C1. The summed E-state index contributed by atoms with van der Waals surface area (Å²) in [6.45, 7) is 1.89. The van der Waals surface area contributed by atoms with E-state index in [1.807, 2.05) is 6.92 Å². The maximum atomic E-state index is 13.4. The molecule has 5 nitrogen and oxygen atoms in total. The third-order valence-electron chi connectivity index (χ3n) is 3.85. The fourth-order valence-corrected chi connectivity index (χ4v) is 2.51. The predicted molar refractivity (Wildman–Crippen MR) is 81.7 cm³/mol. The van der Waals surface area contributed by atoms with Crippen molar-refractivity contribution in [3.05, 3.63) is 29.8 Å². The molecule has 132 valence electrons. The number of hydrazone groups is 1. The van der Waals surface area contributed by atoms with Crippen molar-refractivity contribution in [1.29, 1.82) is 0 Å². The second kappa shape index (κ2) is 6.80. The molecule has 1 aromatic rings. The molecule has 1 aliphatic rings. The highest BCUT2D eigenvalue weighted by Gasteiger charge is 2.63. The Labute approximate surface area is 137 Å². The first kappa shape index (κ1) is 18.3. The van der Waals surface area contributed by atoms with Gasteiger partial charge in [-0.3, -0.25) is 4.79 Å². The summed E-state index contributed by atoms with van der Waals surface area (Å²) >= 11 is 0. The van der Waals surface area contributed by atoms with Gasteiger partial charge in [-0.2, -0.15) is 23.3 Å². The van der Waals surface area contributed by atoms with Crippen LogP contribution in [0.3, 0.4) is 0 Å². The Morgan fingerprint density at radius 3 is 2.67 bits per heavy atom. The van der Waals surface area contributed by atoms with E-state index >= 15 is 0 Å². The first-order chi connectivity index (χ1) is 11.2. The molecule has 1 atom stereocenters. The van der Waals surface area contributed by atoms with Crippen LogP contribution in [0.15, 0.2) is 29.4 Å². The van der Waals surface area contributed by atoms with E-state index in [1.54, 1.807) is 6.07 Å². The molecule has 1 heterocycles. The second-order valence-electron chi connectivity index (χ2n) is 5.58. The van der Waals surface area contributed by atoms with Crippen molar-refractivity contribution in [3.8, 4) is 5.75 Å². The largest absolute Gasteiger partial charge is 0.496 e. The number of benzene rings is 1. The van der Waals surface area contributed by atoms with Crippen LogP contribution in [-0.2, 0) is 0 Å². The number of amides is 1. The van der Waals surface area contributed by atoms with Crippen LogP contribution in [0.2, 0.25) is 0 Å². The molecular formula is C16H19F3N2O3. The van der Waals surface area contributed by atoms with Crippen LogP contribution in [0.1, 0.15) is 43.0 Å². The minimum absolute atomic E-state index is 0.0943. The normalized spacial score (nSPS) is 20.9. The van der Waals surface area contributed by atoms with Crippen LogP contribution in [0.25, 0.3) is 0 Å².